The molecule has 0 unspecified atom stereocenters. The molecule has 1 aromatic carbocycles. The number of rotatable bonds is 9. The molecule has 0 saturated heterocycles. The van der Waals surface area contributed by atoms with Crippen molar-refractivity contribution in [2.24, 2.45) is 14.1 Å². The molecule has 198 valence electrons. The zero-order valence-electron chi connectivity index (χ0n) is 22.6. The van der Waals surface area contributed by atoms with Crippen molar-refractivity contribution < 1.29 is 14.6 Å². The van der Waals surface area contributed by atoms with Gasteiger partial charge >= 0.3 is 5.97 Å². The van der Waals surface area contributed by atoms with Gasteiger partial charge in [0.05, 0.1) is 37.2 Å². The number of benzene rings is 1. The van der Waals surface area contributed by atoms with Gasteiger partial charge in [-0.1, -0.05) is 11.6 Å². The molecule has 0 radical (unpaired) electrons. The van der Waals surface area contributed by atoms with Crippen LogP contribution in [-0.4, -0.2) is 54.3 Å². The van der Waals surface area contributed by atoms with E-state index in [0.29, 0.717) is 31.1 Å². The number of carbonyl (C=O) groups excluding carboxylic acids is 1. The molecule has 1 N–H and O–H groups in total. The minimum atomic E-state index is -0.236. The molecule has 3 aromatic heterocycles. The largest absolute Gasteiger partial charge is 0.469 e. The van der Waals surface area contributed by atoms with Gasteiger partial charge in [0, 0.05) is 72.2 Å². The Labute approximate surface area is 222 Å². The fraction of sp³-hybridized carbons (Fsp3) is 0.444. The first kappa shape index (κ1) is 26.9. The SMILES string of the molecule is COC(=O)CCn1c(C)c(C)c2c(-c3c(CN(C)Cc4cc(CO)n(C)n4)nn(C)c3C)c(Cl)ccc21. The number of nitrogens with zero attached hydrogens (tertiary/aromatic N) is 6. The number of aliphatic hydroxyl groups excluding tert-OH is 1. The molecule has 37 heavy (non-hydrogen) atoms. The van der Waals surface area contributed by atoms with Gasteiger partial charge in [0.15, 0.2) is 0 Å². The third kappa shape index (κ3) is 5.03. The molecule has 9 nitrogen and oxygen atoms in total. The van der Waals surface area contributed by atoms with Crippen molar-refractivity contribution in [1.82, 2.24) is 29.0 Å². The number of hydrogen-bond donors (Lipinski definition) is 1. The van der Waals surface area contributed by atoms with Gasteiger partial charge in [-0.05, 0) is 51.6 Å². The Morgan fingerprint density at radius 1 is 1.08 bits per heavy atom. The van der Waals surface area contributed by atoms with Crippen LogP contribution in [0.15, 0.2) is 18.2 Å². The molecule has 10 heteroatoms. The molecule has 0 aliphatic carbocycles. The van der Waals surface area contributed by atoms with Gasteiger partial charge in [-0.2, -0.15) is 10.2 Å². The Bertz CT molecular complexity index is 1470. The Morgan fingerprint density at radius 2 is 1.81 bits per heavy atom. The average molecular weight is 527 g/mol. The first-order chi connectivity index (χ1) is 17.6. The molecule has 0 fully saturated rings. The zero-order chi connectivity index (χ0) is 27.0. The fourth-order valence-corrected chi connectivity index (χ4v) is 5.32. The number of esters is 1. The molecule has 0 aliphatic rings. The summed E-state index contributed by atoms with van der Waals surface area (Å²) in [6, 6.07) is 5.87. The quantitative estimate of drug-likeness (QED) is 0.331. The first-order valence-electron chi connectivity index (χ1n) is 12.3. The maximum atomic E-state index is 11.9. The lowest BCUT2D eigenvalue weighted by Crippen LogP contribution is -2.18. The lowest BCUT2D eigenvalue weighted by molar-refractivity contribution is -0.140. The molecule has 0 spiro atoms. The van der Waals surface area contributed by atoms with Crippen LogP contribution >= 0.6 is 11.6 Å². The van der Waals surface area contributed by atoms with Crippen LogP contribution in [0, 0.1) is 20.8 Å². The van der Waals surface area contributed by atoms with E-state index in [2.05, 4.69) is 35.3 Å². The van der Waals surface area contributed by atoms with E-state index in [1.807, 2.05) is 44.0 Å². The van der Waals surface area contributed by atoms with Crippen LogP contribution in [0.25, 0.3) is 22.0 Å². The average Bonchev–Trinajstić information content (AvgIpc) is 3.43. The van der Waals surface area contributed by atoms with Gasteiger partial charge < -0.3 is 14.4 Å². The molecule has 4 aromatic rings. The molecule has 4 rings (SSSR count). The van der Waals surface area contributed by atoms with E-state index in [1.54, 1.807) is 4.68 Å². The standard InChI is InChI=1S/C27H35ClN6O3/c1-16-17(2)34(11-10-24(36)37-7)23-9-8-21(28)27(25(16)23)26-18(3)32(5)30-22(26)14-31(4)13-19-12-20(15-35)33(6)29-19/h8-9,12,35H,10-11,13-15H2,1-7H3. The number of aryl methyl sites for hydroxylation is 4. The van der Waals surface area contributed by atoms with Gasteiger partial charge in [-0.25, -0.2) is 0 Å². The van der Waals surface area contributed by atoms with E-state index in [4.69, 9.17) is 21.4 Å². The zero-order valence-corrected chi connectivity index (χ0v) is 23.3. The van der Waals surface area contributed by atoms with Gasteiger partial charge in [-0.3, -0.25) is 19.1 Å². The van der Waals surface area contributed by atoms with Crippen LogP contribution in [-0.2, 0) is 49.9 Å². The number of hydrogen-bond acceptors (Lipinski definition) is 6. The van der Waals surface area contributed by atoms with Gasteiger partial charge in [-0.15, -0.1) is 0 Å². The normalized spacial score (nSPS) is 11.7. The van der Waals surface area contributed by atoms with Crippen molar-refractivity contribution in [3.63, 3.8) is 0 Å². The fourth-order valence-electron chi connectivity index (χ4n) is 5.07. The molecular weight excluding hydrogens is 492 g/mol. The number of aliphatic hydroxyl groups is 1. The van der Waals surface area contributed by atoms with E-state index in [0.717, 1.165) is 56.1 Å². The molecular formula is C27H35ClN6O3. The van der Waals surface area contributed by atoms with Gasteiger partial charge in [0.2, 0.25) is 0 Å². The smallest absolute Gasteiger partial charge is 0.307 e. The maximum Gasteiger partial charge on any atom is 0.307 e. The second-order valence-corrected chi connectivity index (χ2v) is 10.0. The molecule has 0 saturated carbocycles. The van der Waals surface area contributed by atoms with E-state index in [1.165, 1.54) is 7.11 Å². The highest BCUT2D eigenvalue weighted by molar-refractivity contribution is 6.35. The number of methoxy groups -OCH3 is 1. The summed E-state index contributed by atoms with van der Waals surface area (Å²) in [6.07, 6.45) is 0.298. The van der Waals surface area contributed by atoms with Crippen molar-refractivity contribution in [3.8, 4) is 11.1 Å². The minimum Gasteiger partial charge on any atom is -0.469 e. The van der Waals surface area contributed by atoms with E-state index >= 15 is 0 Å². The molecule has 0 amide bonds. The highest BCUT2D eigenvalue weighted by Crippen LogP contribution is 2.42. The second kappa shape index (κ2) is 10.7. The summed E-state index contributed by atoms with van der Waals surface area (Å²) < 4.78 is 10.6. The van der Waals surface area contributed by atoms with E-state index in [-0.39, 0.29) is 12.6 Å². The van der Waals surface area contributed by atoms with Crippen LogP contribution in [0.3, 0.4) is 0 Å². The Balaban J connectivity index is 1.77. The minimum absolute atomic E-state index is 0.0443. The predicted molar refractivity (Wildman–Crippen MR) is 144 cm³/mol. The molecule has 0 bridgehead atoms. The van der Waals surface area contributed by atoms with Crippen LogP contribution < -0.4 is 0 Å². The van der Waals surface area contributed by atoms with Crippen molar-refractivity contribution in [2.45, 2.75) is 53.4 Å². The van der Waals surface area contributed by atoms with Crippen LogP contribution in [0.1, 0.15) is 40.5 Å². The third-order valence-electron chi connectivity index (χ3n) is 7.21. The number of halogens is 1. The summed E-state index contributed by atoms with van der Waals surface area (Å²) in [5, 5.41) is 20.6. The summed E-state index contributed by atoms with van der Waals surface area (Å²) in [4.78, 5) is 14.0. The van der Waals surface area contributed by atoms with Crippen molar-refractivity contribution in [3.05, 3.63) is 57.3 Å². The summed E-state index contributed by atoms with van der Waals surface area (Å²) >= 11 is 6.91. The lowest BCUT2D eigenvalue weighted by Gasteiger charge is -2.16. The molecule has 0 atom stereocenters. The third-order valence-corrected chi connectivity index (χ3v) is 7.53. The first-order valence-corrected chi connectivity index (χ1v) is 12.6. The highest BCUT2D eigenvalue weighted by atomic mass is 35.5. The summed E-state index contributed by atoms with van der Waals surface area (Å²) in [5.41, 5.74) is 8.86. The predicted octanol–water partition coefficient (Wildman–Crippen LogP) is 4.04. The Hall–Kier alpha value is -3.14. The van der Waals surface area contributed by atoms with E-state index in [9.17, 15) is 9.90 Å². The highest BCUT2D eigenvalue weighted by Gasteiger charge is 2.24. The molecule has 3 heterocycles. The van der Waals surface area contributed by atoms with Crippen molar-refractivity contribution >= 4 is 28.5 Å². The van der Waals surface area contributed by atoms with Crippen LogP contribution in [0.5, 0.6) is 0 Å². The van der Waals surface area contributed by atoms with Crippen LogP contribution in [0.2, 0.25) is 5.02 Å². The number of carbonyl (C=O) groups is 1. The lowest BCUT2D eigenvalue weighted by atomic mass is 9.96. The number of fused-ring (bicyclic) bond motifs is 1. The van der Waals surface area contributed by atoms with E-state index < -0.39 is 0 Å². The van der Waals surface area contributed by atoms with Crippen LogP contribution in [0.4, 0.5) is 0 Å². The van der Waals surface area contributed by atoms with Gasteiger partial charge in [0.25, 0.3) is 0 Å². The van der Waals surface area contributed by atoms with Crippen molar-refractivity contribution in [1.29, 1.82) is 0 Å². The van der Waals surface area contributed by atoms with Gasteiger partial charge in [0.1, 0.15) is 0 Å². The van der Waals surface area contributed by atoms with Crippen molar-refractivity contribution in [2.75, 3.05) is 14.2 Å². The monoisotopic (exact) mass is 526 g/mol. The maximum absolute atomic E-state index is 11.9. The Morgan fingerprint density at radius 3 is 2.46 bits per heavy atom. The number of aromatic nitrogens is 5. The Kier molecular flexibility index (Phi) is 7.77. The summed E-state index contributed by atoms with van der Waals surface area (Å²) in [6.45, 7) is 7.93. The second-order valence-electron chi connectivity index (χ2n) is 9.62. The number of ether oxygens (including phenoxy) is 1. The molecule has 0 aliphatic heterocycles. The summed E-state index contributed by atoms with van der Waals surface area (Å²) in [7, 11) is 7.22. The summed E-state index contributed by atoms with van der Waals surface area (Å²) in [5.74, 6) is -0.236. The topological polar surface area (TPSA) is 90.3 Å².